The van der Waals surface area contributed by atoms with Crippen LogP contribution in [-0.4, -0.2) is 29.0 Å². The van der Waals surface area contributed by atoms with E-state index in [1.165, 1.54) is 16.9 Å². The maximum Gasteiger partial charge on any atom is 0.201 e. The van der Waals surface area contributed by atoms with Crippen LogP contribution >= 0.6 is 22.6 Å². The van der Waals surface area contributed by atoms with Crippen molar-refractivity contribution in [2.75, 3.05) is 12.0 Å². The van der Waals surface area contributed by atoms with Gasteiger partial charge in [-0.15, -0.1) is 0 Å². The second kappa shape index (κ2) is 4.83. The molecule has 0 spiro atoms. The molecule has 1 aromatic carbocycles. The number of hydrogen-bond acceptors (Lipinski definition) is 4. The summed E-state index contributed by atoms with van der Waals surface area (Å²) in [5.41, 5.74) is 6.89. The maximum atomic E-state index is 13.7. The van der Waals surface area contributed by atoms with E-state index in [0.717, 1.165) is 0 Å². The quantitative estimate of drug-likeness (QED) is 0.786. The van der Waals surface area contributed by atoms with E-state index < -0.39 is 14.6 Å². The van der Waals surface area contributed by atoms with Crippen LogP contribution in [0.1, 0.15) is 13.8 Å². The summed E-state index contributed by atoms with van der Waals surface area (Å²) in [5, 5.41) is 0. The Balaban J connectivity index is 2.61. The first-order valence-corrected chi connectivity index (χ1v) is 8.80. The molecule has 2 aromatic rings. The Bertz CT molecular complexity index is 784. The second-order valence-corrected chi connectivity index (χ2v) is 9.15. The van der Waals surface area contributed by atoms with Crippen molar-refractivity contribution in [2.45, 2.75) is 25.1 Å². The summed E-state index contributed by atoms with van der Waals surface area (Å²) < 4.78 is 38.3. The molecule has 1 aromatic heterocycles. The number of anilines is 1. The molecule has 0 fully saturated rings. The van der Waals surface area contributed by atoms with E-state index >= 15 is 0 Å². The van der Waals surface area contributed by atoms with Gasteiger partial charge >= 0.3 is 0 Å². The molecule has 1 heterocycles. The number of halogens is 2. The van der Waals surface area contributed by atoms with Crippen molar-refractivity contribution in [2.24, 2.45) is 0 Å². The fourth-order valence-corrected chi connectivity index (χ4v) is 2.62. The fourth-order valence-electron chi connectivity index (χ4n) is 1.80. The lowest BCUT2D eigenvalue weighted by atomic mass is 10.2. The zero-order valence-corrected chi connectivity index (χ0v) is 14.3. The number of aromatic nitrogens is 2. The van der Waals surface area contributed by atoms with Gasteiger partial charge in [0, 0.05) is 18.9 Å². The molecule has 0 saturated carbocycles. The summed E-state index contributed by atoms with van der Waals surface area (Å²) in [6, 6.07) is 2.92. The molecule has 5 nitrogen and oxygen atoms in total. The normalized spacial score (nSPS) is 13.1. The van der Waals surface area contributed by atoms with Gasteiger partial charge in [0.25, 0.3) is 0 Å². The van der Waals surface area contributed by atoms with Crippen LogP contribution < -0.4 is 5.73 Å². The van der Waals surface area contributed by atoms with E-state index in [-0.39, 0.29) is 18.3 Å². The lowest BCUT2D eigenvalue weighted by Crippen LogP contribution is -2.36. The third kappa shape index (κ3) is 2.62. The highest BCUT2D eigenvalue weighted by molar-refractivity contribution is 14.1. The van der Waals surface area contributed by atoms with Crippen LogP contribution in [0.2, 0.25) is 0 Å². The Morgan fingerprint density at radius 1 is 1.45 bits per heavy atom. The Kier molecular flexibility index (Phi) is 3.74. The summed E-state index contributed by atoms with van der Waals surface area (Å²) in [6.07, 6.45) is 1.17. The van der Waals surface area contributed by atoms with Crippen LogP contribution in [0.5, 0.6) is 0 Å². The van der Waals surface area contributed by atoms with Crippen LogP contribution in [0.3, 0.4) is 0 Å². The minimum atomic E-state index is -3.28. The number of benzene rings is 1. The largest absolute Gasteiger partial charge is 0.369 e. The summed E-state index contributed by atoms with van der Waals surface area (Å²) in [5.74, 6) is -0.200. The number of sulfone groups is 1. The molecule has 8 heteroatoms. The van der Waals surface area contributed by atoms with Crippen molar-refractivity contribution in [1.82, 2.24) is 9.55 Å². The number of nitrogen functional groups attached to an aromatic ring is 1. The molecule has 110 valence electrons. The van der Waals surface area contributed by atoms with Gasteiger partial charge in [-0.3, -0.25) is 0 Å². The molecule has 0 unspecified atom stereocenters. The number of rotatable bonds is 3. The average molecular weight is 411 g/mol. The topological polar surface area (TPSA) is 78.0 Å². The van der Waals surface area contributed by atoms with Crippen molar-refractivity contribution >= 4 is 49.4 Å². The number of nitrogens with two attached hydrogens (primary N) is 1. The molecule has 0 saturated heterocycles. The monoisotopic (exact) mass is 411 g/mol. The third-order valence-electron chi connectivity index (χ3n) is 3.36. The molecule has 0 aliphatic heterocycles. The Morgan fingerprint density at radius 2 is 2.05 bits per heavy atom. The van der Waals surface area contributed by atoms with Gasteiger partial charge in [-0.2, -0.15) is 0 Å². The highest BCUT2D eigenvalue weighted by Gasteiger charge is 2.32. The molecule has 0 bridgehead atoms. The standard InChI is InChI=1S/C12H15FIN3O2S/c1-12(2,20(3,18)19)6-17-10-4-7(13)8(14)5-9(10)16-11(17)15/h4-5H,6H2,1-3H3,(H2,15,16). The molecule has 2 N–H and O–H groups in total. The highest BCUT2D eigenvalue weighted by Crippen LogP contribution is 2.26. The number of hydrogen-bond donors (Lipinski definition) is 1. The number of imidazole rings is 1. The molecule has 0 aliphatic rings. The van der Waals surface area contributed by atoms with Gasteiger partial charge in [0.2, 0.25) is 5.95 Å². The van der Waals surface area contributed by atoms with Gasteiger partial charge in [0.15, 0.2) is 9.84 Å². The van der Waals surface area contributed by atoms with Crippen molar-refractivity contribution in [3.63, 3.8) is 0 Å². The van der Waals surface area contributed by atoms with Gasteiger partial charge in [0.1, 0.15) is 5.82 Å². The predicted octanol–water partition coefficient (Wildman–Crippen LogP) is 2.19. The van der Waals surface area contributed by atoms with Gasteiger partial charge in [0.05, 0.1) is 19.4 Å². The van der Waals surface area contributed by atoms with Crippen molar-refractivity contribution in [3.8, 4) is 0 Å². The molecule has 20 heavy (non-hydrogen) atoms. The van der Waals surface area contributed by atoms with Crippen molar-refractivity contribution in [1.29, 1.82) is 0 Å². The third-order valence-corrected chi connectivity index (χ3v) is 6.33. The van der Waals surface area contributed by atoms with Crippen LogP contribution in [0.25, 0.3) is 11.0 Å². The van der Waals surface area contributed by atoms with E-state index in [9.17, 15) is 12.8 Å². The fraction of sp³-hybridized carbons (Fsp3) is 0.417. The summed E-state index contributed by atoms with van der Waals surface area (Å²) >= 11 is 1.87. The predicted molar refractivity (Wildman–Crippen MR) is 85.7 cm³/mol. The smallest absolute Gasteiger partial charge is 0.201 e. The summed E-state index contributed by atoms with van der Waals surface area (Å²) in [7, 11) is -3.28. The molecule has 0 aliphatic carbocycles. The molecule has 0 radical (unpaired) electrons. The molecular formula is C12H15FIN3O2S. The zero-order valence-electron chi connectivity index (χ0n) is 11.3. The van der Waals surface area contributed by atoms with Crippen LogP contribution in [0.15, 0.2) is 12.1 Å². The molecular weight excluding hydrogens is 396 g/mol. The van der Waals surface area contributed by atoms with E-state index in [4.69, 9.17) is 5.73 Å². The van der Waals surface area contributed by atoms with Gasteiger partial charge in [-0.1, -0.05) is 0 Å². The van der Waals surface area contributed by atoms with Crippen LogP contribution in [0, 0.1) is 9.39 Å². The minimum absolute atomic E-state index is 0.119. The van der Waals surface area contributed by atoms with E-state index in [1.54, 1.807) is 19.9 Å². The van der Waals surface area contributed by atoms with Crippen LogP contribution in [0.4, 0.5) is 10.3 Å². The van der Waals surface area contributed by atoms with Gasteiger partial charge < -0.3 is 10.3 Å². The molecule has 0 atom stereocenters. The first-order chi connectivity index (χ1) is 9.03. The average Bonchev–Trinajstić information content (AvgIpc) is 2.55. The van der Waals surface area contributed by atoms with Crippen molar-refractivity contribution < 1.29 is 12.8 Å². The number of fused-ring (bicyclic) bond motifs is 1. The first-order valence-electron chi connectivity index (χ1n) is 5.83. The van der Waals surface area contributed by atoms with Gasteiger partial charge in [-0.05, 0) is 42.5 Å². The first kappa shape index (κ1) is 15.5. The Labute approximate surface area is 130 Å². The SMILES string of the molecule is CC(C)(Cn1c(N)nc2cc(I)c(F)cc21)S(C)(=O)=O. The lowest BCUT2D eigenvalue weighted by molar-refractivity contribution is 0.510. The zero-order chi connectivity index (χ0) is 15.3. The van der Waals surface area contributed by atoms with E-state index in [0.29, 0.717) is 14.6 Å². The summed E-state index contributed by atoms with van der Waals surface area (Å²) in [6.45, 7) is 3.33. The van der Waals surface area contributed by atoms with E-state index in [2.05, 4.69) is 4.98 Å². The van der Waals surface area contributed by atoms with E-state index in [1.807, 2.05) is 22.6 Å². The van der Waals surface area contributed by atoms with Crippen LogP contribution in [-0.2, 0) is 16.4 Å². The minimum Gasteiger partial charge on any atom is -0.369 e. The molecule has 2 rings (SSSR count). The lowest BCUT2D eigenvalue weighted by Gasteiger charge is -2.23. The van der Waals surface area contributed by atoms with Gasteiger partial charge in [-0.25, -0.2) is 17.8 Å². The summed E-state index contributed by atoms with van der Waals surface area (Å²) in [4.78, 5) is 4.16. The van der Waals surface area contributed by atoms with Crippen molar-refractivity contribution in [3.05, 3.63) is 21.5 Å². The number of nitrogens with zero attached hydrogens (tertiary/aromatic N) is 2. The highest BCUT2D eigenvalue weighted by atomic mass is 127. The molecule has 0 amide bonds. The maximum absolute atomic E-state index is 13.7. The Hall–Kier alpha value is -0.900. The second-order valence-electron chi connectivity index (χ2n) is 5.34. The Morgan fingerprint density at radius 3 is 2.60 bits per heavy atom.